The molecule has 6 nitrogen and oxygen atoms in total. The number of rotatable bonds is 11. The summed E-state index contributed by atoms with van der Waals surface area (Å²) in [5.74, 6) is -0.479. The Kier molecular flexibility index (Phi) is 9.56. The SMILES string of the molecule is C/C(CCc1ccccc1)=N/NC(=O)CN(CCc1ccccc1)S(=O)(=O)c1ccc(Br)cc1. The van der Waals surface area contributed by atoms with Gasteiger partial charge < -0.3 is 0 Å². The molecule has 0 aliphatic heterocycles. The summed E-state index contributed by atoms with van der Waals surface area (Å²) in [5.41, 5.74) is 5.47. The normalized spacial score (nSPS) is 12.0. The Morgan fingerprint density at radius 1 is 0.882 bits per heavy atom. The van der Waals surface area contributed by atoms with Crippen LogP contribution in [0.2, 0.25) is 0 Å². The van der Waals surface area contributed by atoms with Crippen LogP contribution in [-0.4, -0.2) is 37.4 Å². The predicted octanol–water partition coefficient (Wildman–Crippen LogP) is 4.81. The molecule has 1 amide bonds. The molecule has 1 N–H and O–H groups in total. The molecule has 178 valence electrons. The Morgan fingerprint density at radius 2 is 1.44 bits per heavy atom. The Balaban J connectivity index is 1.67. The van der Waals surface area contributed by atoms with Crippen LogP contribution in [0.15, 0.2) is 99.4 Å². The van der Waals surface area contributed by atoms with Gasteiger partial charge in [-0.1, -0.05) is 76.6 Å². The topological polar surface area (TPSA) is 78.8 Å². The highest BCUT2D eigenvalue weighted by atomic mass is 79.9. The zero-order valence-electron chi connectivity index (χ0n) is 19.0. The lowest BCUT2D eigenvalue weighted by Crippen LogP contribution is -2.40. The molecule has 0 fully saturated rings. The van der Waals surface area contributed by atoms with Crippen molar-refractivity contribution >= 4 is 37.6 Å². The van der Waals surface area contributed by atoms with Crippen LogP contribution < -0.4 is 5.43 Å². The summed E-state index contributed by atoms with van der Waals surface area (Å²) in [4.78, 5) is 12.8. The number of carbonyl (C=O) groups excluding carboxylic acids is 1. The number of carbonyl (C=O) groups is 1. The van der Waals surface area contributed by atoms with E-state index in [1.54, 1.807) is 12.1 Å². The second-order valence-corrected chi connectivity index (χ2v) is 10.7. The van der Waals surface area contributed by atoms with Gasteiger partial charge in [-0.2, -0.15) is 9.41 Å². The van der Waals surface area contributed by atoms with Crippen molar-refractivity contribution in [2.45, 2.75) is 31.1 Å². The molecule has 0 aliphatic rings. The lowest BCUT2D eigenvalue weighted by atomic mass is 10.1. The predicted molar refractivity (Wildman–Crippen MR) is 139 cm³/mol. The quantitative estimate of drug-likeness (QED) is 0.279. The number of nitrogens with zero attached hydrogens (tertiary/aromatic N) is 2. The minimum Gasteiger partial charge on any atom is -0.272 e. The molecule has 0 unspecified atom stereocenters. The minimum absolute atomic E-state index is 0.138. The fraction of sp³-hybridized carbons (Fsp3) is 0.231. The summed E-state index contributed by atoms with van der Waals surface area (Å²) in [7, 11) is -3.86. The summed E-state index contributed by atoms with van der Waals surface area (Å²) >= 11 is 3.33. The molecular weight excluding hydrogens is 514 g/mol. The van der Waals surface area contributed by atoms with Crippen LogP contribution in [0.4, 0.5) is 0 Å². The number of aryl methyl sites for hydroxylation is 1. The van der Waals surface area contributed by atoms with Gasteiger partial charge in [0.05, 0.1) is 11.4 Å². The van der Waals surface area contributed by atoms with E-state index in [0.29, 0.717) is 12.8 Å². The van der Waals surface area contributed by atoms with E-state index in [-0.39, 0.29) is 18.0 Å². The van der Waals surface area contributed by atoms with Crippen molar-refractivity contribution in [2.24, 2.45) is 5.10 Å². The summed E-state index contributed by atoms with van der Waals surface area (Å²) in [6.07, 6.45) is 2.00. The van der Waals surface area contributed by atoms with E-state index in [1.165, 1.54) is 22.0 Å². The van der Waals surface area contributed by atoms with E-state index in [4.69, 9.17) is 0 Å². The number of halogens is 1. The number of hydrogen-bond donors (Lipinski definition) is 1. The van der Waals surface area contributed by atoms with Crippen LogP contribution in [0.25, 0.3) is 0 Å². The van der Waals surface area contributed by atoms with E-state index < -0.39 is 15.9 Å². The maximum atomic E-state index is 13.3. The van der Waals surface area contributed by atoms with Crippen LogP contribution in [0.5, 0.6) is 0 Å². The molecule has 0 heterocycles. The molecule has 0 aliphatic carbocycles. The van der Waals surface area contributed by atoms with Gasteiger partial charge in [-0.15, -0.1) is 0 Å². The second-order valence-electron chi connectivity index (χ2n) is 7.90. The standard InChI is InChI=1S/C26H28BrN3O3S/c1-21(12-13-22-8-4-2-5-9-22)28-29-26(31)20-30(19-18-23-10-6-3-7-11-23)34(32,33)25-16-14-24(27)15-17-25/h2-11,14-17H,12-13,18-20H2,1H3,(H,29,31)/b28-21-. The molecule has 0 radical (unpaired) electrons. The first-order valence-electron chi connectivity index (χ1n) is 11.0. The number of amides is 1. The Hall–Kier alpha value is -2.81. The first kappa shape index (κ1) is 25.8. The van der Waals surface area contributed by atoms with Gasteiger partial charge in [0.25, 0.3) is 5.91 Å². The number of hydrazone groups is 1. The van der Waals surface area contributed by atoms with Crippen molar-refractivity contribution in [1.82, 2.24) is 9.73 Å². The van der Waals surface area contributed by atoms with E-state index in [1.807, 2.05) is 67.6 Å². The molecule has 0 atom stereocenters. The van der Waals surface area contributed by atoms with Gasteiger partial charge in [0.2, 0.25) is 10.0 Å². The molecule has 0 aromatic heterocycles. The third kappa shape index (κ3) is 7.90. The van der Waals surface area contributed by atoms with Crippen molar-refractivity contribution in [2.75, 3.05) is 13.1 Å². The molecule has 3 aromatic rings. The smallest absolute Gasteiger partial charge is 0.255 e. The Labute approximate surface area is 209 Å². The maximum Gasteiger partial charge on any atom is 0.255 e. The molecule has 8 heteroatoms. The number of nitrogens with one attached hydrogen (secondary N) is 1. The van der Waals surface area contributed by atoms with Crippen molar-refractivity contribution in [1.29, 1.82) is 0 Å². The highest BCUT2D eigenvalue weighted by Gasteiger charge is 2.26. The van der Waals surface area contributed by atoms with Gasteiger partial charge in [-0.05, 0) is 61.6 Å². The zero-order chi connectivity index (χ0) is 24.4. The van der Waals surface area contributed by atoms with Crippen LogP contribution in [0.1, 0.15) is 24.5 Å². The monoisotopic (exact) mass is 541 g/mol. The molecular formula is C26H28BrN3O3S. The van der Waals surface area contributed by atoms with Gasteiger partial charge >= 0.3 is 0 Å². The van der Waals surface area contributed by atoms with Crippen LogP contribution in [0, 0.1) is 0 Å². The molecule has 0 bridgehead atoms. The maximum absolute atomic E-state index is 13.3. The molecule has 3 aromatic carbocycles. The highest BCUT2D eigenvalue weighted by Crippen LogP contribution is 2.19. The molecule has 3 rings (SSSR count). The van der Waals surface area contributed by atoms with Crippen LogP contribution in [0.3, 0.4) is 0 Å². The number of sulfonamides is 1. The Morgan fingerprint density at radius 3 is 2.03 bits per heavy atom. The molecule has 0 saturated heterocycles. The molecule has 0 saturated carbocycles. The first-order valence-corrected chi connectivity index (χ1v) is 13.2. The summed E-state index contributed by atoms with van der Waals surface area (Å²) in [6, 6.07) is 26.0. The van der Waals surface area contributed by atoms with Gasteiger partial charge in [-0.25, -0.2) is 13.8 Å². The van der Waals surface area contributed by atoms with E-state index >= 15 is 0 Å². The van der Waals surface area contributed by atoms with Crippen molar-refractivity contribution in [3.05, 3.63) is 101 Å². The lowest BCUT2D eigenvalue weighted by molar-refractivity contribution is -0.121. The van der Waals surface area contributed by atoms with Gasteiger partial charge in [-0.3, -0.25) is 4.79 Å². The summed E-state index contributed by atoms with van der Waals surface area (Å²) < 4.78 is 28.6. The summed E-state index contributed by atoms with van der Waals surface area (Å²) in [6.45, 7) is 1.70. The van der Waals surface area contributed by atoms with Crippen molar-refractivity contribution < 1.29 is 13.2 Å². The molecule has 34 heavy (non-hydrogen) atoms. The summed E-state index contributed by atoms with van der Waals surface area (Å²) in [5, 5.41) is 4.17. The van der Waals surface area contributed by atoms with Crippen molar-refractivity contribution in [3.63, 3.8) is 0 Å². The fourth-order valence-electron chi connectivity index (χ4n) is 3.32. The van der Waals surface area contributed by atoms with Crippen LogP contribution >= 0.6 is 15.9 Å². The number of hydrogen-bond acceptors (Lipinski definition) is 4. The average Bonchev–Trinajstić information content (AvgIpc) is 2.85. The lowest BCUT2D eigenvalue weighted by Gasteiger charge is -2.21. The first-order chi connectivity index (χ1) is 16.3. The Bertz CT molecular complexity index is 1200. The molecule has 0 spiro atoms. The van der Waals surface area contributed by atoms with Crippen molar-refractivity contribution in [3.8, 4) is 0 Å². The number of benzene rings is 3. The third-order valence-corrected chi connectivity index (χ3v) is 7.64. The van der Waals surface area contributed by atoms with Gasteiger partial charge in [0.15, 0.2) is 0 Å². The minimum atomic E-state index is -3.86. The third-order valence-electron chi connectivity index (χ3n) is 5.25. The largest absolute Gasteiger partial charge is 0.272 e. The van der Waals surface area contributed by atoms with Gasteiger partial charge in [0.1, 0.15) is 0 Å². The average molecular weight is 542 g/mol. The van der Waals surface area contributed by atoms with Gasteiger partial charge in [0, 0.05) is 16.7 Å². The van der Waals surface area contributed by atoms with E-state index in [0.717, 1.165) is 22.2 Å². The van der Waals surface area contributed by atoms with E-state index in [2.05, 4.69) is 26.5 Å². The fourth-order valence-corrected chi connectivity index (χ4v) is 4.98. The van der Waals surface area contributed by atoms with Crippen LogP contribution in [-0.2, 0) is 27.7 Å². The second kappa shape index (κ2) is 12.6. The zero-order valence-corrected chi connectivity index (χ0v) is 21.4. The highest BCUT2D eigenvalue weighted by molar-refractivity contribution is 9.10. The van der Waals surface area contributed by atoms with E-state index in [9.17, 15) is 13.2 Å².